The maximum atomic E-state index is 13.7. The van der Waals surface area contributed by atoms with Crippen LogP contribution in [-0.4, -0.2) is 36.9 Å². The third-order valence-electron chi connectivity index (χ3n) is 4.88. The van der Waals surface area contributed by atoms with E-state index in [1.165, 1.54) is 6.07 Å². The number of nitrogens with one attached hydrogen (secondary N) is 1. The van der Waals surface area contributed by atoms with Gasteiger partial charge in [0.1, 0.15) is 11.6 Å². The average molecular weight is 370 g/mol. The number of halogens is 1. The van der Waals surface area contributed by atoms with Gasteiger partial charge in [0.2, 0.25) is 11.8 Å². The number of piperidine rings is 1. The molecule has 1 heterocycles. The summed E-state index contributed by atoms with van der Waals surface area (Å²) in [6, 6.07) is 13.6. The highest BCUT2D eigenvalue weighted by Gasteiger charge is 2.28. The van der Waals surface area contributed by atoms with E-state index in [1.807, 2.05) is 12.1 Å². The Balaban J connectivity index is 1.53. The number of carbonyl (C=O) groups is 2. The molecule has 142 valence electrons. The summed E-state index contributed by atoms with van der Waals surface area (Å²) >= 11 is 0. The smallest absolute Gasteiger partial charge is 0.227 e. The first kappa shape index (κ1) is 18.9. The molecule has 2 amide bonds. The lowest BCUT2D eigenvalue weighted by molar-refractivity contribution is -0.133. The molecule has 2 aromatic rings. The van der Waals surface area contributed by atoms with E-state index in [4.69, 9.17) is 4.74 Å². The molecule has 0 atom stereocenters. The fraction of sp³-hybridized carbons (Fsp3) is 0.333. The van der Waals surface area contributed by atoms with Crippen LogP contribution in [0.1, 0.15) is 18.4 Å². The van der Waals surface area contributed by atoms with E-state index in [2.05, 4.69) is 5.32 Å². The number of benzene rings is 2. The molecular weight excluding hydrogens is 347 g/mol. The van der Waals surface area contributed by atoms with Crippen LogP contribution in [0.15, 0.2) is 48.5 Å². The number of rotatable bonds is 5. The van der Waals surface area contributed by atoms with Gasteiger partial charge in [-0.05, 0) is 36.6 Å². The molecule has 0 unspecified atom stereocenters. The molecule has 27 heavy (non-hydrogen) atoms. The van der Waals surface area contributed by atoms with Crippen LogP contribution in [0.2, 0.25) is 0 Å². The Labute approximate surface area is 158 Å². The standard InChI is InChI=1S/C21H23FN2O3/c1-27-19-9-5-4-8-18(19)23-21(26)15-10-12-24(13-11-15)20(25)14-16-6-2-3-7-17(16)22/h2-9,15H,10-14H2,1H3,(H,23,26). The van der Waals surface area contributed by atoms with Gasteiger partial charge in [0.15, 0.2) is 0 Å². The number of nitrogens with zero attached hydrogens (tertiary/aromatic N) is 1. The van der Waals surface area contributed by atoms with Crippen molar-refractivity contribution in [1.82, 2.24) is 4.90 Å². The first-order chi connectivity index (χ1) is 13.1. The van der Waals surface area contributed by atoms with Crippen LogP contribution in [0.25, 0.3) is 0 Å². The zero-order chi connectivity index (χ0) is 19.2. The summed E-state index contributed by atoms with van der Waals surface area (Å²) in [6.45, 7) is 0.995. The number of likely N-dealkylation sites (tertiary alicyclic amines) is 1. The first-order valence-electron chi connectivity index (χ1n) is 9.03. The Kier molecular flexibility index (Phi) is 6.06. The largest absolute Gasteiger partial charge is 0.495 e. The molecule has 0 spiro atoms. The van der Waals surface area contributed by atoms with Crippen LogP contribution in [0.4, 0.5) is 10.1 Å². The molecule has 0 bridgehead atoms. The van der Waals surface area contributed by atoms with E-state index in [1.54, 1.807) is 42.3 Å². The highest BCUT2D eigenvalue weighted by Crippen LogP contribution is 2.26. The number of ether oxygens (including phenoxy) is 1. The summed E-state index contributed by atoms with van der Waals surface area (Å²) in [4.78, 5) is 26.6. The molecule has 1 aliphatic heterocycles. The Morgan fingerprint density at radius 2 is 1.78 bits per heavy atom. The molecule has 2 aromatic carbocycles. The van der Waals surface area contributed by atoms with Crippen LogP contribution in [0, 0.1) is 11.7 Å². The minimum absolute atomic E-state index is 0.0464. The molecule has 0 aliphatic carbocycles. The zero-order valence-corrected chi connectivity index (χ0v) is 15.3. The van der Waals surface area contributed by atoms with Crippen LogP contribution in [0.3, 0.4) is 0 Å². The van der Waals surface area contributed by atoms with Crippen molar-refractivity contribution in [2.75, 3.05) is 25.5 Å². The molecule has 1 saturated heterocycles. The summed E-state index contributed by atoms with van der Waals surface area (Å²) in [6.07, 6.45) is 1.22. The van der Waals surface area contributed by atoms with Gasteiger partial charge in [-0.25, -0.2) is 4.39 Å². The first-order valence-corrected chi connectivity index (χ1v) is 9.03. The summed E-state index contributed by atoms with van der Waals surface area (Å²) in [5.41, 5.74) is 1.04. The number of hydrogen-bond acceptors (Lipinski definition) is 3. The number of carbonyl (C=O) groups excluding carboxylic acids is 2. The fourth-order valence-corrected chi connectivity index (χ4v) is 3.29. The third-order valence-corrected chi connectivity index (χ3v) is 4.88. The normalized spacial score (nSPS) is 14.7. The molecule has 0 saturated carbocycles. The number of hydrogen-bond donors (Lipinski definition) is 1. The van der Waals surface area contributed by atoms with E-state index >= 15 is 0 Å². The fourth-order valence-electron chi connectivity index (χ4n) is 3.29. The predicted octanol–water partition coefficient (Wildman–Crippen LogP) is 3.25. The zero-order valence-electron chi connectivity index (χ0n) is 15.3. The lowest BCUT2D eigenvalue weighted by atomic mass is 9.95. The summed E-state index contributed by atoms with van der Waals surface area (Å²) in [5, 5.41) is 2.91. The lowest BCUT2D eigenvalue weighted by Crippen LogP contribution is -2.42. The minimum Gasteiger partial charge on any atom is -0.495 e. The summed E-state index contributed by atoms with van der Waals surface area (Å²) in [5.74, 6) is -0.0860. The van der Waals surface area contributed by atoms with Crippen molar-refractivity contribution < 1.29 is 18.7 Å². The van der Waals surface area contributed by atoms with Crippen molar-refractivity contribution in [2.45, 2.75) is 19.3 Å². The topological polar surface area (TPSA) is 58.6 Å². The molecule has 1 fully saturated rings. The van der Waals surface area contributed by atoms with Gasteiger partial charge in [0, 0.05) is 19.0 Å². The number of methoxy groups -OCH3 is 1. The van der Waals surface area contributed by atoms with E-state index in [0.29, 0.717) is 42.9 Å². The maximum Gasteiger partial charge on any atom is 0.227 e. The van der Waals surface area contributed by atoms with Gasteiger partial charge in [-0.1, -0.05) is 30.3 Å². The summed E-state index contributed by atoms with van der Waals surface area (Å²) < 4.78 is 19.0. The Morgan fingerprint density at radius 3 is 2.48 bits per heavy atom. The second kappa shape index (κ2) is 8.66. The molecular formula is C21H23FN2O3. The molecule has 5 nitrogen and oxygen atoms in total. The van der Waals surface area contributed by atoms with Crippen molar-refractivity contribution in [2.24, 2.45) is 5.92 Å². The second-order valence-electron chi connectivity index (χ2n) is 6.61. The quantitative estimate of drug-likeness (QED) is 0.879. The van der Waals surface area contributed by atoms with Crippen molar-refractivity contribution >= 4 is 17.5 Å². The molecule has 0 radical (unpaired) electrons. The van der Waals surface area contributed by atoms with Gasteiger partial charge in [-0.15, -0.1) is 0 Å². The second-order valence-corrected chi connectivity index (χ2v) is 6.61. The van der Waals surface area contributed by atoms with Crippen LogP contribution in [-0.2, 0) is 16.0 Å². The van der Waals surface area contributed by atoms with Crippen molar-refractivity contribution in [3.05, 3.63) is 59.9 Å². The number of anilines is 1. The highest BCUT2D eigenvalue weighted by molar-refractivity contribution is 5.94. The van der Waals surface area contributed by atoms with Crippen molar-refractivity contribution in [3.8, 4) is 5.75 Å². The molecule has 3 rings (SSSR count). The monoisotopic (exact) mass is 370 g/mol. The molecule has 6 heteroatoms. The Bertz CT molecular complexity index is 817. The van der Waals surface area contributed by atoms with E-state index in [9.17, 15) is 14.0 Å². The lowest BCUT2D eigenvalue weighted by Gasteiger charge is -2.31. The third kappa shape index (κ3) is 4.64. The highest BCUT2D eigenvalue weighted by atomic mass is 19.1. The van der Waals surface area contributed by atoms with Crippen molar-refractivity contribution in [3.63, 3.8) is 0 Å². The maximum absolute atomic E-state index is 13.7. The van der Waals surface area contributed by atoms with E-state index in [0.717, 1.165) is 0 Å². The van der Waals surface area contributed by atoms with Crippen LogP contribution >= 0.6 is 0 Å². The molecule has 0 aromatic heterocycles. The van der Waals surface area contributed by atoms with Crippen LogP contribution in [0.5, 0.6) is 5.75 Å². The molecule has 1 aliphatic rings. The van der Waals surface area contributed by atoms with Gasteiger partial charge < -0.3 is 15.0 Å². The van der Waals surface area contributed by atoms with Crippen molar-refractivity contribution in [1.29, 1.82) is 0 Å². The minimum atomic E-state index is -0.364. The van der Waals surface area contributed by atoms with Gasteiger partial charge in [-0.2, -0.15) is 0 Å². The SMILES string of the molecule is COc1ccccc1NC(=O)C1CCN(C(=O)Cc2ccccc2F)CC1. The van der Waals surface area contributed by atoms with Gasteiger partial charge in [-0.3, -0.25) is 9.59 Å². The number of para-hydroxylation sites is 2. The number of amides is 2. The van der Waals surface area contributed by atoms with E-state index in [-0.39, 0.29) is 30.0 Å². The van der Waals surface area contributed by atoms with E-state index < -0.39 is 0 Å². The Morgan fingerprint density at radius 1 is 1.11 bits per heavy atom. The predicted molar refractivity (Wildman–Crippen MR) is 101 cm³/mol. The van der Waals surface area contributed by atoms with Gasteiger partial charge >= 0.3 is 0 Å². The summed E-state index contributed by atoms with van der Waals surface area (Å²) in [7, 11) is 1.56. The van der Waals surface area contributed by atoms with Crippen LogP contribution < -0.4 is 10.1 Å². The average Bonchev–Trinajstić information content (AvgIpc) is 2.70. The van der Waals surface area contributed by atoms with Gasteiger partial charge in [0.05, 0.1) is 19.2 Å². The van der Waals surface area contributed by atoms with Gasteiger partial charge in [0.25, 0.3) is 0 Å². The Hall–Kier alpha value is -2.89. The molecule has 1 N–H and O–H groups in total.